The minimum absolute atomic E-state index is 0.289. The van der Waals surface area contributed by atoms with Crippen LogP contribution in [-0.4, -0.2) is 28.1 Å². The third-order valence-electron chi connectivity index (χ3n) is 5.12. The number of carboxylic acids is 1. The molecule has 3 heteroatoms. The fourth-order valence-electron chi connectivity index (χ4n) is 4.01. The fraction of sp³-hybridized carbons (Fsp3) is 0.588. The van der Waals surface area contributed by atoms with Crippen LogP contribution in [0.15, 0.2) is 24.3 Å². The Hall–Kier alpha value is -1.35. The molecule has 0 unspecified atom stereocenters. The van der Waals surface area contributed by atoms with E-state index in [1.165, 1.54) is 36.8 Å². The van der Waals surface area contributed by atoms with Crippen molar-refractivity contribution in [2.45, 2.75) is 57.7 Å². The lowest BCUT2D eigenvalue weighted by atomic mass is 9.84. The maximum Gasteiger partial charge on any atom is 0.320 e. The van der Waals surface area contributed by atoms with Gasteiger partial charge in [0.1, 0.15) is 6.04 Å². The van der Waals surface area contributed by atoms with Crippen LogP contribution < -0.4 is 0 Å². The lowest BCUT2D eigenvalue weighted by molar-refractivity contribution is -0.142. The first kappa shape index (κ1) is 13.6. The summed E-state index contributed by atoms with van der Waals surface area (Å²) in [6.45, 7) is 2.89. The summed E-state index contributed by atoms with van der Waals surface area (Å²) in [4.78, 5) is 13.8. The van der Waals surface area contributed by atoms with Crippen molar-refractivity contribution in [2.75, 3.05) is 0 Å². The summed E-state index contributed by atoms with van der Waals surface area (Å²) in [6.07, 6.45) is 5.73. The van der Waals surface area contributed by atoms with Crippen LogP contribution in [0, 0.1) is 12.8 Å². The maximum atomic E-state index is 11.6. The summed E-state index contributed by atoms with van der Waals surface area (Å²) < 4.78 is 0. The van der Waals surface area contributed by atoms with E-state index in [2.05, 4.69) is 24.0 Å². The van der Waals surface area contributed by atoms with Gasteiger partial charge in [-0.05, 0) is 43.2 Å². The van der Waals surface area contributed by atoms with Crippen LogP contribution in [0.5, 0.6) is 0 Å². The van der Waals surface area contributed by atoms with E-state index >= 15 is 0 Å². The second-order valence-electron chi connectivity index (χ2n) is 6.30. The molecule has 3 rings (SSSR count). The normalized spacial score (nSPS) is 30.1. The number of carbonyl (C=O) groups is 1. The van der Waals surface area contributed by atoms with Crippen LogP contribution in [0.4, 0.5) is 0 Å². The Bertz CT molecular complexity index is 500. The van der Waals surface area contributed by atoms with Gasteiger partial charge in [0.2, 0.25) is 0 Å². The highest BCUT2D eigenvalue weighted by Crippen LogP contribution is 2.40. The molecule has 0 amide bonds. The van der Waals surface area contributed by atoms with Gasteiger partial charge in [-0.3, -0.25) is 9.69 Å². The molecule has 0 spiro atoms. The number of carboxylic acid groups (broad SMARTS) is 1. The van der Waals surface area contributed by atoms with Crippen molar-refractivity contribution < 1.29 is 9.90 Å². The molecule has 108 valence electrons. The molecule has 3 atom stereocenters. The molecule has 1 aromatic rings. The molecule has 1 aromatic carbocycles. The highest BCUT2D eigenvalue weighted by atomic mass is 16.4. The smallest absolute Gasteiger partial charge is 0.320 e. The van der Waals surface area contributed by atoms with E-state index in [0.29, 0.717) is 12.0 Å². The molecule has 1 saturated carbocycles. The van der Waals surface area contributed by atoms with Gasteiger partial charge in [-0.25, -0.2) is 0 Å². The van der Waals surface area contributed by atoms with Gasteiger partial charge in [-0.2, -0.15) is 0 Å². The van der Waals surface area contributed by atoms with Crippen molar-refractivity contribution in [3.63, 3.8) is 0 Å². The molecule has 20 heavy (non-hydrogen) atoms. The van der Waals surface area contributed by atoms with E-state index in [4.69, 9.17) is 0 Å². The number of nitrogens with zero attached hydrogens (tertiary/aromatic N) is 1. The number of aliphatic carboxylic acids is 1. The van der Waals surface area contributed by atoms with Crippen molar-refractivity contribution in [2.24, 2.45) is 5.92 Å². The summed E-state index contributed by atoms with van der Waals surface area (Å²) in [7, 11) is 0. The summed E-state index contributed by atoms with van der Waals surface area (Å²) in [5.74, 6) is -0.0538. The van der Waals surface area contributed by atoms with Gasteiger partial charge < -0.3 is 5.11 Å². The molecule has 0 aromatic heterocycles. The lowest BCUT2D eigenvalue weighted by Crippen LogP contribution is -2.41. The highest BCUT2D eigenvalue weighted by Gasteiger charge is 2.44. The summed E-state index contributed by atoms with van der Waals surface area (Å²) in [5, 5.41) is 9.54. The largest absolute Gasteiger partial charge is 0.480 e. The van der Waals surface area contributed by atoms with E-state index in [1.54, 1.807) is 0 Å². The van der Waals surface area contributed by atoms with Crippen LogP contribution in [0.1, 0.15) is 43.2 Å². The molecule has 1 aliphatic heterocycles. The molecule has 1 N–H and O–H groups in total. The van der Waals surface area contributed by atoms with E-state index in [0.717, 1.165) is 13.0 Å². The number of likely N-dealkylation sites (tertiary alicyclic amines) is 1. The van der Waals surface area contributed by atoms with Gasteiger partial charge in [0, 0.05) is 12.6 Å². The SMILES string of the molecule is Cc1ccccc1CN1[C@@H]2CCCC[C@@H]2C[C@H]1C(=O)O. The zero-order valence-corrected chi connectivity index (χ0v) is 12.1. The Labute approximate surface area is 120 Å². The first-order chi connectivity index (χ1) is 9.66. The van der Waals surface area contributed by atoms with Crippen molar-refractivity contribution in [1.29, 1.82) is 0 Å². The van der Waals surface area contributed by atoms with Gasteiger partial charge in [-0.15, -0.1) is 0 Å². The number of rotatable bonds is 3. The van der Waals surface area contributed by atoms with E-state index in [-0.39, 0.29) is 6.04 Å². The Balaban J connectivity index is 1.84. The lowest BCUT2D eigenvalue weighted by Gasteiger charge is -2.33. The second-order valence-corrected chi connectivity index (χ2v) is 6.30. The van der Waals surface area contributed by atoms with Gasteiger partial charge >= 0.3 is 5.97 Å². The van der Waals surface area contributed by atoms with Gasteiger partial charge in [-0.1, -0.05) is 37.1 Å². The zero-order chi connectivity index (χ0) is 14.1. The minimum Gasteiger partial charge on any atom is -0.480 e. The monoisotopic (exact) mass is 273 g/mol. The van der Waals surface area contributed by atoms with E-state index in [9.17, 15) is 9.90 Å². The Kier molecular flexibility index (Phi) is 3.79. The minimum atomic E-state index is -0.645. The van der Waals surface area contributed by atoms with Crippen LogP contribution in [0.25, 0.3) is 0 Å². The molecule has 2 aliphatic rings. The predicted octanol–water partition coefficient (Wildman–Crippen LogP) is 3.21. The number of aryl methyl sites for hydroxylation is 1. The first-order valence-electron chi connectivity index (χ1n) is 7.70. The average Bonchev–Trinajstić information content (AvgIpc) is 2.81. The second kappa shape index (κ2) is 5.57. The van der Waals surface area contributed by atoms with Crippen LogP contribution >= 0.6 is 0 Å². The van der Waals surface area contributed by atoms with Gasteiger partial charge in [0.15, 0.2) is 0 Å². The van der Waals surface area contributed by atoms with Crippen molar-refractivity contribution in [3.8, 4) is 0 Å². The Morgan fingerprint density at radius 2 is 2.05 bits per heavy atom. The van der Waals surface area contributed by atoms with Crippen LogP contribution in [-0.2, 0) is 11.3 Å². The third-order valence-corrected chi connectivity index (χ3v) is 5.12. The molecular weight excluding hydrogens is 250 g/mol. The fourth-order valence-corrected chi connectivity index (χ4v) is 4.01. The van der Waals surface area contributed by atoms with Gasteiger partial charge in [0.05, 0.1) is 0 Å². The number of hydrogen-bond acceptors (Lipinski definition) is 2. The third kappa shape index (κ3) is 2.47. The number of hydrogen-bond donors (Lipinski definition) is 1. The summed E-state index contributed by atoms with van der Waals surface area (Å²) in [6, 6.07) is 8.52. The topological polar surface area (TPSA) is 40.5 Å². The average molecular weight is 273 g/mol. The summed E-state index contributed by atoms with van der Waals surface area (Å²) >= 11 is 0. The Morgan fingerprint density at radius 3 is 2.80 bits per heavy atom. The molecule has 1 saturated heterocycles. The molecule has 0 radical (unpaired) electrons. The maximum absolute atomic E-state index is 11.6. The van der Waals surface area contributed by atoms with Crippen LogP contribution in [0.3, 0.4) is 0 Å². The quantitative estimate of drug-likeness (QED) is 0.919. The number of benzene rings is 1. The van der Waals surface area contributed by atoms with Crippen molar-refractivity contribution in [3.05, 3.63) is 35.4 Å². The van der Waals surface area contributed by atoms with Crippen molar-refractivity contribution >= 4 is 5.97 Å². The summed E-state index contributed by atoms with van der Waals surface area (Å²) in [5.41, 5.74) is 2.53. The van der Waals surface area contributed by atoms with E-state index < -0.39 is 5.97 Å². The zero-order valence-electron chi connectivity index (χ0n) is 12.1. The van der Waals surface area contributed by atoms with Crippen LogP contribution in [0.2, 0.25) is 0 Å². The molecule has 1 aliphatic carbocycles. The molecule has 0 bridgehead atoms. The predicted molar refractivity (Wildman–Crippen MR) is 78.5 cm³/mol. The molecule has 2 fully saturated rings. The molecular formula is C17H23NO2. The highest BCUT2D eigenvalue weighted by molar-refractivity contribution is 5.74. The standard InChI is InChI=1S/C17H23NO2/c1-12-6-2-3-8-14(12)11-18-15-9-5-4-7-13(15)10-16(18)17(19)20/h2-3,6,8,13,15-16H,4-5,7,9-11H2,1H3,(H,19,20)/t13-,15-,16+/m1/s1. The first-order valence-corrected chi connectivity index (χ1v) is 7.70. The van der Waals surface area contributed by atoms with Crippen molar-refractivity contribution in [1.82, 2.24) is 4.90 Å². The molecule has 1 heterocycles. The Morgan fingerprint density at radius 1 is 1.30 bits per heavy atom. The van der Waals surface area contributed by atoms with E-state index in [1.807, 2.05) is 12.1 Å². The van der Waals surface area contributed by atoms with Gasteiger partial charge in [0.25, 0.3) is 0 Å². The molecule has 3 nitrogen and oxygen atoms in total. The number of fused-ring (bicyclic) bond motifs is 1.